The van der Waals surface area contributed by atoms with Gasteiger partial charge in [-0.05, 0) is 30.5 Å². The Bertz CT molecular complexity index is 728. The molecule has 1 heterocycles. The van der Waals surface area contributed by atoms with Crippen LogP contribution in [0.15, 0.2) is 60.7 Å². The number of carbonyl (C=O) groups excluding carboxylic acids is 2. The summed E-state index contributed by atoms with van der Waals surface area (Å²) < 4.78 is 0. The zero-order chi connectivity index (χ0) is 18.4. The Morgan fingerprint density at radius 1 is 0.962 bits per heavy atom. The van der Waals surface area contributed by atoms with Crippen LogP contribution in [0.5, 0.6) is 0 Å². The van der Waals surface area contributed by atoms with Gasteiger partial charge < -0.3 is 21.3 Å². The summed E-state index contributed by atoms with van der Waals surface area (Å²) in [5.41, 5.74) is 7.68. The maximum Gasteiger partial charge on any atom is 0.319 e. The molecule has 0 bridgehead atoms. The van der Waals surface area contributed by atoms with Crippen molar-refractivity contribution < 1.29 is 9.59 Å². The lowest BCUT2D eigenvalue weighted by Gasteiger charge is -2.33. The van der Waals surface area contributed by atoms with Gasteiger partial charge in [0.15, 0.2) is 0 Å². The number of amides is 3. The number of rotatable bonds is 4. The Morgan fingerprint density at radius 3 is 2.15 bits per heavy atom. The standard InChI is InChI=1S/C20H24N4O2/c21-18(15-7-3-1-4-8-15)19(25)24-13-11-17(12-14-24)23-20(26)22-16-9-5-2-6-10-16/h1-10,17-18H,11-14,21H2,(H2,22,23,26). The average molecular weight is 352 g/mol. The third-order valence-electron chi connectivity index (χ3n) is 4.60. The first-order valence-electron chi connectivity index (χ1n) is 8.85. The highest BCUT2D eigenvalue weighted by Gasteiger charge is 2.27. The second-order valence-electron chi connectivity index (χ2n) is 6.45. The number of piperidine rings is 1. The second-order valence-corrected chi connectivity index (χ2v) is 6.45. The van der Waals surface area contributed by atoms with Crippen LogP contribution in [0.25, 0.3) is 0 Å². The number of nitrogens with zero attached hydrogens (tertiary/aromatic N) is 1. The molecule has 0 spiro atoms. The third kappa shape index (κ3) is 4.61. The number of nitrogens with two attached hydrogens (primary N) is 1. The number of nitrogens with one attached hydrogen (secondary N) is 2. The van der Waals surface area contributed by atoms with Gasteiger partial charge in [-0.2, -0.15) is 0 Å². The van der Waals surface area contributed by atoms with Gasteiger partial charge in [-0.1, -0.05) is 48.5 Å². The summed E-state index contributed by atoms with van der Waals surface area (Å²) in [6.45, 7) is 1.19. The number of likely N-dealkylation sites (tertiary alicyclic amines) is 1. The molecule has 2 aromatic carbocycles. The van der Waals surface area contributed by atoms with Crippen LogP contribution in [0, 0.1) is 0 Å². The summed E-state index contributed by atoms with van der Waals surface area (Å²) in [5.74, 6) is -0.0663. The molecule has 0 saturated carbocycles. The zero-order valence-electron chi connectivity index (χ0n) is 14.6. The van der Waals surface area contributed by atoms with Gasteiger partial charge in [0.05, 0.1) is 0 Å². The molecule has 3 rings (SSSR count). The number of anilines is 1. The molecule has 2 aromatic rings. The van der Waals surface area contributed by atoms with Gasteiger partial charge in [-0.3, -0.25) is 4.79 Å². The van der Waals surface area contributed by atoms with Crippen LogP contribution in [-0.4, -0.2) is 36.0 Å². The maximum atomic E-state index is 12.6. The van der Waals surface area contributed by atoms with Crippen molar-refractivity contribution >= 4 is 17.6 Å². The van der Waals surface area contributed by atoms with Crippen molar-refractivity contribution in [2.45, 2.75) is 24.9 Å². The van der Waals surface area contributed by atoms with E-state index in [1.54, 1.807) is 4.90 Å². The van der Waals surface area contributed by atoms with Crippen molar-refractivity contribution in [3.05, 3.63) is 66.2 Å². The fourth-order valence-corrected chi connectivity index (χ4v) is 3.12. The summed E-state index contributed by atoms with van der Waals surface area (Å²) in [6.07, 6.45) is 1.44. The highest BCUT2D eigenvalue weighted by Crippen LogP contribution is 2.17. The van der Waals surface area contributed by atoms with Gasteiger partial charge in [-0.25, -0.2) is 4.79 Å². The first-order valence-corrected chi connectivity index (χ1v) is 8.85. The van der Waals surface area contributed by atoms with Crippen molar-refractivity contribution in [3.8, 4) is 0 Å². The molecule has 1 unspecified atom stereocenters. The van der Waals surface area contributed by atoms with Crippen LogP contribution in [0.2, 0.25) is 0 Å². The van der Waals surface area contributed by atoms with Crippen molar-refractivity contribution in [2.75, 3.05) is 18.4 Å². The van der Waals surface area contributed by atoms with E-state index >= 15 is 0 Å². The van der Waals surface area contributed by atoms with Crippen molar-refractivity contribution in [2.24, 2.45) is 5.73 Å². The lowest BCUT2D eigenvalue weighted by atomic mass is 10.0. The van der Waals surface area contributed by atoms with Crippen LogP contribution in [0.1, 0.15) is 24.4 Å². The molecule has 0 aromatic heterocycles. The summed E-state index contributed by atoms with van der Waals surface area (Å²) in [7, 11) is 0. The van der Waals surface area contributed by atoms with Gasteiger partial charge in [0.2, 0.25) is 5.91 Å². The Labute approximate surface area is 153 Å². The Hall–Kier alpha value is -2.86. The lowest BCUT2D eigenvalue weighted by molar-refractivity contribution is -0.133. The Kier molecular flexibility index (Phi) is 5.86. The number of hydrogen-bond donors (Lipinski definition) is 3. The van der Waals surface area contributed by atoms with Crippen LogP contribution in [0.4, 0.5) is 10.5 Å². The quantitative estimate of drug-likeness (QED) is 0.790. The smallest absolute Gasteiger partial charge is 0.319 e. The number of carbonyl (C=O) groups is 2. The Morgan fingerprint density at radius 2 is 1.54 bits per heavy atom. The van der Waals surface area contributed by atoms with Gasteiger partial charge in [0.25, 0.3) is 0 Å². The molecule has 6 heteroatoms. The SMILES string of the molecule is NC(C(=O)N1CCC(NC(=O)Nc2ccccc2)CC1)c1ccccc1. The van der Waals surface area contributed by atoms with Crippen LogP contribution in [0.3, 0.4) is 0 Å². The Balaban J connectivity index is 1.46. The highest BCUT2D eigenvalue weighted by molar-refractivity contribution is 5.89. The molecule has 0 aliphatic carbocycles. The fraction of sp³-hybridized carbons (Fsp3) is 0.300. The molecule has 6 nitrogen and oxygen atoms in total. The fourth-order valence-electron chi connectivity index (χ4n) is 3.12. The van der Waals surface area contributed by atoms with E-state index in [0.29, 0.717) is 13.1 Å². The second kappa shape index (κ2) is 8.49. The van der Waals surface area contributed by atoms with Crippen LogP contribution in [-0.2, 0) is 4.79 Å². The summed E-state index contributed by atoms with van der Waals surface area (Å²) in [4.78, 5) is 26.4. The van der Waals surface area contributed by atoms with Crippen molar-refractivity contribution in [3.63, 3.8) is 0 Å². The number of benzene rings is 2. The minimum absolute atomic E-state index is 0.0516. The summed E-state index contributed by atoms with van der Waals surface area (Å²) in [5, 5.41) is 5.78. The minimum atomic E-state index is -0.637. The summed E-state index contributed by atoms with van der Waals surface area (Å²) in [6, 6.07) is 17.9. The van der Waals surface area contributed by atoms with Gasteiger partial charge in [0.1, 0.15) is 6.04 Å². The van der Waals surface area contributed by atoms with E-state index in [0.717, 1.165) is 24.1 Å². The third-order valence-corrected chi connectivity index (χ3v) is 4.60. The molecular weight excluding hydrogens is 328 g/mol. The van der Waals surface area contributed by atoms with Crippen molar-refractivity contribution in [1.29, 1.82) is 0 Å². The normalized spacial score (nSPS) is 16.0. The maximum absolute atomic E-state index is 12.6. The molecular formula is C20H24N4O2. The van der Waals surface area contributed by atoms with E-state index in [1.807, 2.05) is 60.7 Å². The minimum Gasteiger partial charge on any atom is -0.341 e. The summed E-state index contributed by atoms with van der Waals surface area (Å²) >= 11 is 0. The first kappa shape index (κ1) is 17.9. The topological polar surface area (TPSA) is 87.5 Å². The molecule has 3 amide bonds. The molecule has 4 N–H and O–H groups in total. The molecule has 1 aliphatic heterocycles. The average Bonchev–Trinajstić information content (AvgIpc) is 2.69. The van der Waals surface area contributed by atoms with Crippen LogP contribution < -0.4 is 16.4 Å². The molecule has 1 atom stereocenters. The van der Waals surface area contributed by atoms with E-state index in [-0.39, 0.29) is 18.0 Å². The first-order chi connectivity index (χ1) is 12.6. The highest BCUT2D eigenvalue weighted by atomic mass is 16.2. The van der Waals surface area contributed by atoms with Gasteiger partial charge in [0, 0.05) is 24.8 Å². The lowest BCUT2D eigenvalue weighted by Crippen LogP contribution is -2.49. The van der Waals surface area contributed by atoms with E-state index in [9.17, 15) is 9.59 Å². The van der Waals surface area contributed by atoms with Crippen molar-refractivity contribution in [1.82, 2.24) is 10.2 Å². The number of para-hydroxylation sites is 1. The number of hydrogen-bond acceptors (Lipinski definition) is 3. The molecule has 1 fully saturated rings. The zero-order valence-corrected chi connectivity index (χ0v) is 14.6. The van der Waals surface area contributed by atoms with Gasteiger partial charge in [-0.15, -0.1) is 0 Å². The molecule has 1 aliphatic rings. The van der Waals surface area contributed by atoms with Gasteiger partial charge >= 0.3 is 6.03 Å². The molecule has 136 valence electrons. The molecule has 1 saturated heterocycles. The molecule has 0 radical (unpaired) electrons. The van der Waals surface area contributed by atoms with E-state index in [2.05, 4.69) is 10.6 Å². The largest absolute Gasteiger partial charge is 0.341 e. The molecule has 26 heavy (non-hydrogen) atoms. The van der Waals surface area contributed by atoms with E-state index < -0.39 is 6.04 Å². The van der Waals surface area contributed by atoms with E-state index in [1.165, 1.54) is 0 Å². The van der Waals surface area contributed by atoms with Crippen LogP contribution >= 0.6 is 0 Å². The monoisotopic (exact) mass is 352 g/mol. The predicted molar refractivity (Wildman–Crippen MR) is 102 cm³/mol. The van der Waals surface area contributed by atoms with E-state index in [4.69, 9.17) is 5.73 Å². The predicted octanol–water partition coefficient (Wildman–Crippen LogP) is 2.50. The number of urea groups is 1.